The Bertz CT molecular complexity index is 356. The molecular formula is C13H17O2-. The van der Waals surface area contributed by atoms with Crippen molar-refractivity contribution in [1.82, 2.24) is 0 Å². The molecule has 15 heavy (non-hydrogen) atoms. The fraction of sp³-hybridized carbons (Fsp3) is 0.462. The Hall–Kier alpha value is -1.31. The molecule has 0 saturated carbocycles. The smallest absolute Gasteiger partial charge is 0.0414 e. The molecule has 0 aromatic heterocycles. The third kappa shape index (κ3) is 3.39. The van der Waals surface area contributed by atoms with Gasteiger partial charge in [0, 0.05) is 5.97 Å². The molecule has 1 atom stereocenters. The number of hydrogen-bond donors (Lipinski definition) is 0. The molecule has 1 rings (SSSR count). The number of rotatable bonds is 4. The summed E-state index contributed by atoms with van der Waals surface area (Å²) in [4.78, 5) is 10.4. The van der Waals surface area contributed by atoms with E-state index in [1.54, 1.807) is 0 Å². The molecule has 1 aromatic carbocycles. The van der Waals surface area contributed by atoms with Crippen molar-refractivity contribution in [3.63, 3.8) is 0 Å². The Labute approximate surface area is 90.9 Å². The van der Waals surface area contributed by atoms with Crippen LogP contribution in [0, 0.1) is 13.8 Å². The van der Waals surface area contributed by atoms with Gasteiger partial charge in [0.05, 0.1) is 0 Å². The topological polar surface area (TPSA) is 40.1 Å². The van der Waals surface area contributed by atoms with E-state index in [1.807, 2.05) is 0 Å². The summed E-state index contributed by atoms with van der Waals surface area (Å²) in [6, 6.07) is 6.29. The van der Waals surface area contributed by atoms with Gasteiger partial charge in [-0.1, -0.05) is 30.7 Å². The number of carboxylic acids is 1. The molecule has 2 nitrogen and oxygen atoms in total. The zero-order valence-electron chi connectivity index (χ0n) is 9.54. The normalized spacial score (nSPS) is 12.5. The van der Waals surface area contributed by atoms with Gasteiger partial charge in [0.25, 0.3) is 0 Å². The largest absolute Gasteiger partial charge is 0.550 e. The Morgan fingerprint density at radius 1 is 1.40 bits per heavy atom. The Morgan fingerprint density at radius 2 is 2.07 bits per heavy atom. The Kier molecular flexibility index (Phi) is 3.89. The molecule has 0 amide bonds. The third-order valence-electron chi connectivity index (χ3n) is 2.75. The fourth-order valence-electron chi connectivity index (χ4n) is 1.78. The number of carbonyl (C=O) groups is 1. The maximum Gasteiger partial charge on any atom is 0.0414 e. The van der Waals surface area contributed by atoms with Gasteiger partial charge < -0.3 is 9.90 Å². The average molecular weight is 205 g/mol. The summed E-state index contributed by atoms with van der Waals surface area (Å²) in [5, 5.41) is 10.4. The van der Waals surface area contributed by atoms with Gasteiger partial charge in [0.15, 0.2) is 0 Å². The molecule has 0 aliphatic rings. The molecule has 0 heterocycles. The van der Waals surface area contributed by atoms with Crippen LogP contribution in [0.2, 0.25) is 0 Å². The number of benzene rings is 1. The lowest BCUT2D eigenvalue weighted by atomic mass is 9.91. The van der Waals surface area contributed by atoms with E-state index < -0.39 is 5.97 Å². The van der Waals surface area contributed by atoms with Crippen LogP contribution in [-0.4, -0.2) is 5.97 Å². The van der Waals surface area contributed by atoms with Gasteiger partial charge in [-0.25, -0.2) is 0 Å². The quantitative estimate of drug-likeness (QED) is 0.753. The van der Waals surface area contributed by atoms with E-state index in [2.05, 4.69) is 39.0 Å². The van der Waals surface area contributed by atoms with Gasteiger partial charge >= 0.3 is 0 Å². The standard InChI is InChI=1S/C13H18O2/c1-9-4-5-10(2)12(8-9)11(3)6-7-13(14)15/h4-5,8,11H,6-7H2,1-3H3,(H,14,15)/p-1/t11-/m0/s1. The first-order valence-electron chi connectivity index (χ1n) is 5.27. The highest BCUT2D eigenvalue weighted by atomic mass is 16.4. The van der Waals surface area contributed by atoms with E-state index in [-0.39, 0.29) is 12.3 Å². The molecule has 0 aliphatic heterocycles. The SMILES string of the molecule is Cc1ccc(C)c([C@@H](C)CCC(=O)[O-])c1. The molecule has 0 fully saturated rings. The van der Waals surface area contributed by atoms with E-state index in [0.29, 0.717) is 6.42 Å². The average Bonchev–Trinajstić information content (AvgIpc) is 2.18. The monoisotopic (exact) mass is 205 g/mol. The van der Waals surface area contributed by atoms with Crippen molar-refractivity contribution in [3.05, 3.63) is 34.9 Å². The molecule has 2 heteroatoms. The van der Waals surface area contributed by atoms with Gasteiger partial charge in [-0.3, -0.25) is 0 Å². The summed E-state index contributed by atoms with van der Waals surface area (Å²) in [5.74, 6) is -0.685. The van der Waals surface area contributed by atoms with E-state index in [9.17, 15) is 9.90 Å². The summed E-state index contributed by atoms with van der Waals surface area (Å²) in [7, 11) is 0. The lowest BCUT2D eigenvalue weighted by molar-refractivity contribution is -0.305. The van der Waals surface area contributed by atoms with Crippen molar-refractivity contribution < 1.29 is 9.90 Å². The van der Waals surface area contributed by atoms with Crippen LogP contribution >= 0.6 is 0 Å². The molecule has 82 valence electrons. The van der Waals surface area contributed by atoms with Crippen LogP contribution in [0.1, 0.15) is 42.4 Å². The minimum atomic E-state index is -0.966. The van der Waals surface area contributed by atoms with Crippen molar-refractivity contribution in [1.29, 1.82) is 0 Å². The summed E-state index contributed by atoms with van der Waals surface area (Å²) >= 11 is 0. The maximum absolute atomic E-state index is 10.4. The van der Waals surface area contributed by atoms with Gasteiger partial charge in [0.1, 0.15) is 0 Å². The molecule has 0 spiro atoms. The van der Waals surface area contributed by atoms with Crippen LogP contribution < -0.4 is 5.11 Å². The first kappa shape index (κ1) is 11.8. The van der Waals surface area contributed by atoms with Crippen LogP contribution in [0.4, 0.5) is 0 Å². The van der Waals surface area contributed by atoms with E-state index >= 15 is 0 Å². The number of carboxylic acid groups (broad SMARTS) is 1. The zero-order chi connectivity index (χ0) is 11.4. The van der Waals surface area contributed by atoms with Crippen molar-refractivity contribution in [2.45, 2.75) is 39.5 Å². The number of hydrogen-bond acceptors (Lipinski definition) is 2. The summed E-state index contributed by atoms with van der Waals surface area (Å²) in [6.45, 7) is 6.17. The highest BCUT2D eigenvalue weighted by Crippen LogP contribution is 2.24. The highest BCUT2D eigenvalue weighted by molar-refractivity contribution is 5.64. The second kappa shape index (κ2) is 4.96. The predicted molar refractivity (Wildman–Crippen MR) is 58.6 cm³/mol. The van der Waals surface area contributed by atoms with Crippen molar-refractivity contribution in [2.24, 2.45) is 0 Å². The van der Waals surface area contributed by atoms with Gasteiger partial charge in [-0.05, 0) is 43.7 Å². The Balaban J connectivity index is 2.76. The van der Waals surface area contributed by atoms with Crippen LogP contribution in [-0.2, 0) is 4.79 Å². The number of carbonyl (C=O) groups excluding carboxylic acids is 1. The van der Waals surface area contributed by atoms with Crippen LogP contribution in [0.25, 0.3) is 0 Å². The molecule has 0 bridgehead atoms. The molecule has 0 aliphatic carbocycles. The maximum atomic E-state index is 10.4. The lowest BCUT2D eigenvalue weighted by Crippen LogP contribution is -2.22. The first-order valence-corrected chi connectivity index (χ1v) is 5.27. The second-order valence-corrected chi connectivity index (χ2v) is 4.17. The number of aliphatic carboxylic acids is 1. The highest BCUT2D eigenvalue weighted by Gasteiger charge is 2.08. The van der Waals surface area contributed by atoms with Crippen molar-refractivity contribution in [3.8, 4) is 0 Å². The van der Waals surface area contributed by atoms with E-state index in [0.717, 1.165) is 0 Å². The lowest BCUT2D eigenvalue weighted by Gasteiger charge is -2.15. The Morgan fingerprint density at radius 3 is 2.67 bits per heavy atom. The molecule has 0 unspecified atom stereocenters. The van der Waals surface area contributed by atoms with Crippen molar-refractivity contribution in [2.75, 3.05) is 0 Å². The molecular weight excluding hydrogens is 188 g/mol. The zero-order valence-corrected chi connectivity index (χ0v) is 9.54. The molecule has 0 N–H and O–H groups in total. The van der Waals surface area contributed by atoms with Crippen LogP contribution in [0.15, 0.2) is 18.2 Å². The van der Waals surface area contributed by atoms with Gasteiger partial charge in [-0.2, -0.15) is 0 Å². The van der Waals surface area contributed by atoms with Gasteiger partial charge in [-0.15, -0.1) is 0 Å². The second-order valence-electron chi connectivity index (χ2n) is 4.17. The molecule has 0 radical (unpaired) electrons. The van der Waals surface area contributed by atoms with E-state index in [4.69, 9.17) is 0 Å². The molecule has 1 aromatic rings. The first-order chi connectivity index (χ1) is 7.00. The summed E-state index contributed by atoms with van der Waals surface area (Å²) < 4.78 is 0. The summed E-state index contributed by atoms with van der Waals surface area (Å²) in [6.07, 6.45) is 0.779. The summed E-state index contributed by atoms with van der Waals surface area (Å²) in [5.41, 5.74) is 3.69. The minimum absolute atomic E-state index is 0.133. The van der Waals surface area contributed by atoms with Gasteiger partial charge in [0.2, 0.25) is 0 Å². The fourth-order valence-corrected chi connectivity index (χ4v) is 1.78. The number of aryl methyl sites for hydroxylation is 2. The predicted octanol–water partition coefficient (Wildman–Crippen LogP) is 1.94. The van der Waals surface area contributed by atoms with Crippen LogP contribution in [0.3, 0.4) is 0 Å². The molecule has 0 saturated heterocycles. The van der Waals surface area contributed by atoms with Crippen molar-refractivity contribution >= 4 is 5.97 Å². The third-order valence-corrected chi connectivity index (χ3v) is 2.75. The van der Waals surface area contributed by atoms with E-state index in [1.165, 1.54) is 16.7 Å². The van der Waals surface area contributed by atoms with Crippen LogP contribution in [0.5, 0.6) is 0 Å². The minimum Gasteiger partial charge on any atom is -0.550 e.